The lowest BCUT2D eigenvalue weighted by atomic mass is 10.2. The van der Waals surface area contributed by atoms with Crippen molar-refractivity contribution in [1.29, 1.82) is 0 Å². The van der Waals surface area contributed by atoms with Crippen molar-refractivity contribution >= 4 is 12.0 Å². The quantitative estimate of drug-likeness (QED) is 0.637. The van der Waals surface area contributed by atoms with Gasteiger partial charge >= 0.3 is 5.97 Å². The zero-order chi connectivity index (χ0) is 16.2. The van der Waals surface area contributed by atoms with Crippen LogP contribution in [0, 0.1) is 6.92 Å². The van der Waals surface area contributed by atoms with Crippen LogP contribution >= 0.6 is 0 Å². The van der Waals surface area contributed by atoms with Crippen molar-refractivity contribution in [3.63, 3.8) is 0 Å². The van der Waals surface area contributed by atoms with Gasteiger partial charge in [0.15, 0.2) is 16.9 Å². The van der Waals surface area contributed by atoms with Gasteiger partial charge in [-0.3, -0.25) is 4.79 Å². The Labute approximate surface area is 131 Å². The maximum absolute atomic E-state index is 11.7. The van der Waals surface area contributed by atoms with Crippen molar-refractivity contribution in [2.45, 2.75) is 13.5 Å². The summed E-state index contributed by atoms with van der Waals surface area (Å²) >= 11 is 0. The van der Waals surface area contributed by atoms with Crippen LogP contribution in [0.1, 0.15) is 16.9 Å². The molecule has 0 radical (unpaired) electrons. The molecule has 0 spiro atoms. The van der Waals surface area contributed by atoms with Crippen molar-refractivity contribution in [1.82, 2.24) is 0 Å². The van der Waals surface area contributed by atoms with E-state index in [1.54, 1.807) is 31.2 Å². The highest BCUT2D eigenvalue weighted by atomic mass is 16.7. The number of esters is 1. The van der Waals surface area contributed by atoms with E-state index in [-0.39, 0.29) is 18.8 Å². The minimum absolute atomic E-state index is 0.0974. The molecule has 0 amide bonds. The average molecular weight is 314 g/mol. The van der Waals surface area contributed by atoms with Gasteiger partial charge < -0.3 is 18.6 Å². The monoisotopic (exact) mass is 314 g/mol. The van der Waals surface area contributed by atoms with Gasteiger partial charge in [-0.15, -0.1) is 0 Å². The molecule has 1 aliphatic rings. The maximum Gasteiger partial charge on any atom is 0.331 e. The van der Waals surface area contributed by atoms with Gasteiger partial charge in [-0.05, 0) is 30.7 Å². The first-order chi connectivity index (χ1) is 11.1. The van der Waals surface area contributed by atoms with Gasteiger partial charge in [0.05, 0.1) is 6.26 Å². The Morgan fingerprint density at radius 3 is 2.91 bits per heavy atom. The number of aryl methyl sites for hydroxylation is 1. The third-order valence-corrected chi connectivity index (χ3v) is 3.23. The molecule has 0 bridgehead atoms. The van der Waals surface area contributed by atoms with Crippen molar-refractivity contribution < 1.29 is 23.4 Å². The van der Waals surface area contributed by atoms with Crippen LogP contribution in [0.3, 0.4) is 0 Å². The summed E-state index contributed by atoms with van der Waals surface area (Å²) in [6, 6.07) is 6.65. The second-order valence-electron chi connectivity index (χ2n) is 4.95. The molecular weight excluding hydrogens is 300 g/mol. The topological polar surface area (TPSA) is 75.0 Å². The van der Waals surface area contributed by atoms with E-state index in [1.807, 2.05) is 0 Å². The van der Waals surface area contributed by atoms with Gasteiger partial charge in [-0.2, -0.15) is 0 Å². The van der Waals surface area contributed by atoms with Gasteiger partial charge in [-0.1, -0.05) is 6.07 Å². The molecule has 0 fully saturated rings. The van der Waals surface area contributed by atoms with Crippen LogP contribution < -0.4 is 14.9 Å². The number of hydrogen-bond donors (Lipinski definition) is 0. The summed E-state index contributed by atoms with van der Waals surface area (Å²) in [5.74, 6) is 1.08. The first kappa shape index (κ1) is 14.9. The number of rotatable bonds is 4. The Morgan fingerprint density at radius 1 is 1.26 bits per heavy atom. The fourth-order valence-electron chi connectivity index (χ4n) is 1.96. The highest BCUT2D eigenvalue weighted by Crippen LogP contribution is 2.32. The van der Waals surface area contributed by atoms with Crippen LogP contribution in [0.2, 0.25) is 0 Å². The van der Waals surface area contributed by atoms with Crippen molar-refractivity contribution in [3.05, 3.63) is 63.7 Å². The first-order valence-electron chi connectivity index (χ1n) is 6.94. The largest absolute Gasteiger partial charge is 0.465 e. The zero-order valence-electron chi connectivity index (χ0n) is 12.4. The summed E-state index contributed by atoms with van der Waals surface area (Å²) in [7, 11) is 0. The average Bonchev–Trinajstić information content (AvgIpc) is 3.01. The third-order valence-electron chi connectivity index (χ3n) is 3.23. The Kier molecular flexibility index (Phi) is 4.14. The van der Waals surface area contributed by atoms with E-state index >= 15 is 0 Å². The van der Waals surface area contributed by atoms with E-state index in [2.05, 4.69) is 0 Å². The lowest BCUT2D eigenvalue weighted by molar-refractivity contribution is -0.139. The second-order valence-corrected chi connectivity index (χ2v) is 4.95. The molecule has 0 atom stereocenters. The number of ether oxygens (including phenoxy) is 3. The van der Waals surface area contributed by atoms with E-state index < -0.39 is 5.97 Å². The minimum Gasteiger partial charge on any atom is -0.465 e. The highest BCUT2D eigenvalue weighted by Gasteiger charge is 2.12. The highest BCUT2D eigenvalue weighted by molar-refractivity contribution is 5.87. The number of fused-ring (bicyclic) bond motifs is 1. The molecule has 6 nitrogen and oxygen atoms in total. The molecule has 2 heterocycles. The number of carbonyl (C=O) groups is 1. The molecule has 1 aromatic heterocycles. The van der Waals surface area contributed by atoms with Crippen LogP contribution in [-0.4, -0.2) is 12.8 Å². The standard InChI is InChI=1S/C17H14O6/c1-11-8-20-13(7-14(11)18)9-21-17(19)5-3-12-2-4-15-16(6-12)23-10-22-15/h2-8H,9-10H2,1H3/b5-3+. The summed E-state index contributed by atoms with van der Waals surface area (Å²) in [5.41, 5.74) is 1.13. The Hall–Kier alpha value is -3.02. The molecule has 0 aliphatic carbocycles. The normalized spacial score (nSPS) is 12.6. The molecule has 23 heavy (non-hydrogen) atoms. The molecule has 3 rings (SSSR count). The molecule has 118 valence electrons. The van der Waals surface area contributed by atoms with Crippen LogP contribution in [-0.2, 0) is 16.1 Å². The summed E-state index contributed by atoms with van der Waals surface area (Å²) in [5, 5.41) is 0. The number of hydrogen-bond acceptors (Lipinski definition) is 6. The van der Waals surface area contributed by atoms with Crippen LogP contribution in [0.15, 0.2) is 45.8 Å². The molecule has 0 saturated heterocycles. The van der Waals surface area contributed by atoms with Crippen molar-refractivity contribution in [3.8, 4) is 11.5 Å². The fourth-order valence-corrected chi connectivity index (χ4v) is 1.96. The number of carbonyl (C=O) groups excluding carboxylic acids is 1. The Bertz CT molecular complexity index is 818. The summed E-state index contributed by atoms with van der Waals surface area (Å²) < 4.78 is 20.7. The molecule has 1 aromatic carbocycles. The SMILES string of the molecule is Cc1coc(COC(=O)/C=C/c2ccc3c(c2)OCO3)cc1=O. The molecule has 0 unspecified atom stereocenters. The van der Waals surface area contributed by atoms with Gasteiger partial charge in [0.1, 0.15) is 12.4 Å². The molecule has 2 aromatic rings. The second kappa shape index (κ2) is 6.39. The molecular formula is C17H14O6. The summed E-state index contributed by atoms with van der Waals surface area (Å²) in [6.45, 7) is 1.75. The van der Waals surface area contributed by atoms with Gasteiger partial charge in [-0.25, -0.2) is 4.79 Å². The first-order valence-corrected chi connectivity index (χ1v) is 6.94. The minimum atomic E-state index is -0.536. The Morgan fingerprint density at radius 2 is 2.09 bits per heavy atom. The lowest BCUT2D eigenvalue weighted by Crippen LogP contribution is -2.07. The van der Waals surface area contributed by atoms with E-state index in [4.69, 9.17) is 18.6 Å². The summed E-state index contributed by atoms with van der Waals surface area (Å²) in [6.07, 6.45) is 4.24. The van der Waals surface area contributed by atoms with Gasteiger partial charge in [0.2, 0.25) is 6.79 Å². The van der Waals surface area contributed by atoms with Crippen molar-refractivity contribution in [2.24, 2.45) is 0 Å². The zero-order valence-corrected chi connectivity index (χ0v) is 12.4. The molecule has 1 aliphatic heterocycles. The fraction of sp³-hybridized carbons (Fsp3) is 0.176. The van der Waals surface area contributed by atoms with Gasteiger partial charge in [0, 0.05) is 17.7 Å². The Balaban J connectivity index is 1.58. The third kappa shape index (κ3) is 3.60. The predicted molar refractivity (Wildman–Crippen MR) is 81.1 cm³/mol. The van der Waals surface area contributed by atoms with Crippen LogP contribution in [0.4, 0.5) is 0 Å². The van der Waals surface area contributed by atoms with Crippen LogP contribution in [0.25, 0.3) is 6.08 Å². The predicted octanol–water partition coefficient (Wildman–Crippen LogP) is 2.43. The maximum atomic E-state index is 11.7. The summed E-state index contributed by atoms with van der Waals surface area (Å²) in [4.78, 5) is 23.1. The number of benzene rings is 1. The van der Waals surface area contributed by atoms with E-state index in [9.17, 15) is 9.59 Å². The van der Waals surface area contributed by atoms with E-state index in [1.165, 1.54) is 18.4 Å². The smallest absolute Gasteiger partial charge is 0.331 e. The van der Waals surface area contributed by atoms with E-state index in [0.717, 1.165) is 5.56 Å². The molecule has 0 saturated carbocycles. The molecule has 0 N–H and O–H groups in total. The van der Waals surface area contributed by atoms with Gasteiger partial charge in [0.25, 0.3) is 0 Å². The van der Waals surface area contributed by atoms with Crippen molar-refractivity contribution in [2.75, 3.05) is 6.79 Å². The van der Waals surface area contributed by atoms with Crippen LogP contribution in [0.5, 0.6) is 11.5 Å². The lowest BCUT2D eigenvalue weighted by Gasteiger charge is -2.01. The van der Waals surface area contributed by atoms with E-state index in [0.29, 0.717) is 22.8 Å². The molecule has 6 heteroatoms.